The van der Waals surface area contributed by atoms with Crippen molar-refractivity contribution in [1.82, 2.24) is 30.4 Å². The summed E-state index contributed by atoms with van der Waals surface area (Å²) in [5.74, 6) is 2.29. The van der Waals surface area contributed by atoms with Gasteiger partial charge in [-0.25, -0.2) is 9.97 Å². The van der Waals surface area contributed by atoms with Gasteiger partial charge in [-0.05, 0) is 49.6 Å². The van der Waals surface area contributed by atoms with Crippen LogP contribution < -0.4 is 15.4 Å². The zero-order valence-corrected chi connectivity index (χ0v) is 23.6. The Morgan fingerprint density at radius 2 is 1.88 bits per heavy atom. The molecule has 3 N–H and O–H groups in total. The van der Waals surface area contributed by atoms with Crippen LogP contribution in [0.1, 0.15) is 39.0 Å². The molecule has 0 unspecified atom stereocenters. The summed E-state index contributed by atoms with van der Waals surface area (Å²) in [6, 6.07) is 16.3. The zero-order valence-electron chi connectivity index (χ0n) is 23.6. The van der Waals surface area contributed by atoms with E-state index >= 15 is 0 Å². The van der Waals surface area contributed by atoms with Crippen LogP contribution in [-0.4, -0.2) is 56.7 Å². The van der Waals surface area contributed by atoms with Gasteiger partial charge in [0.05, 0.1) is 11.9 Å². The van der Waals surface area contributed by atoms with E-state index in [0.717, 1.165) is 59.0 Å². The highest BCUT2D eigenvalue weighted by Crippen LogP contribution is 2.31. The molecule has 1 aliphatic rings. The number of aromatic amines is 1. The van der Waals surface area contributed by atoms with Crippen LogP contribution in [0.2, 0.25) is 0 Å². The Labute approximate surface area is 235 Å². The summed E-state index contributed by atoms with van der Waals surface area (Å²) < 4.78 is 5.79. The number of carbonyl (C=O) groups is 1. The number of H-pyrrole nitrogens is 1. The van der Waals surface area contributed by atoms with Gasteiger partial charge in [-0.15, -0.1) is 0 Å². The van der Waals surface area contributed by atoms with Gasteiger partial charge in [0.15, 0.2) is 12.4 Å². The van der Waals surface area contributed by atoms with E-state index in [-0.39, 0.29) is 12.5 Å². The first-order valence-corrected chi connectivity index (χ1v) is 13.9. The highest BCUT2D eigenvalue weighted by atomic mass is 16.5. The molecule has 1 amide bonds. The fraction of sp³-hybridized carbons (Fsp3) is 0.355. The molecular weight excluding hydrogens is 502 g/mol. The number of carbonyl (C=O) groups excluding carboxylic acids is 1. The first-order valence-electron chi connectivity index (χ1n) is 13.9. The van der Waals surface area contributed by atoms with E-state index in [2.05, 4.69) is 77.7 Å². The average molecular weight is 540 g/mol. The molecule has 2 aromatic carbocycles. The zero-order chi connectivity index (χ0) is 28.1. The number of hydrogen-bond donors (Lipinski definition) is 3. The van der Waals surface area contributed by atoms with Crippen LogP contribution in [0.15, 0.2) is 60.9 Å². The third-order valence-electron chi connectivity index (χ3n) is 6.97. The number of rotatable bonds is 10. The van der Waals surface area contributed by atoms with Crippen molar-refractivity contribution in [3.63, 3.8) is 0 Å². The van der Waals surface area contributed by atoms with Gasteiger partial charge in [0.1, 0.15) is 11.6 Å². The molecule has 5 rings (SSSR count). The second kappa shape index (κ2) is 12.3. The molecule has 0 saturated carbocycles. The molecule has 0 bridgehead atoms. The number of fused-ring (bicyclic) bond motifs is 1. The smallest absolute Gasteiger partial charge is 0.257 e. The van der Waals surface area contributed by atoms with Crippen LogP contribution in [0.3, 0.4) is 0 Å². The predicted octanol–water partition coefficient (Wildman–Crippen LogP) is 5.19. The topological polar surface area (TPSA) is 108 Å². The van der Waals surface area contributed by atoms with Crippen molar-refractivity contribution in [2.45, 2.75) is 46.7 Å². The fourth-order valence-electron chi connectivity index (χ4n) is 4.64. The fourth-order valence-corrected chi connectivity index (χ4v) is 4.64. The lowest BCUT2D eigenvalue weighted by Crippen LogP contribution is -2.36. The third kappa shape index (κ3) is 6.66. The maximum Gasteiger partial charge on any atom is 0.257 e. The van der Waals surface area contributed by atoms with Crippen LogP contribution >= 0.6 is 0 Å². The van der Waals surface area contributed by atoms with E-state index in [0.29, 0.717) is 30.1 Å². The third-order valence-corrected chi connectivity index (χ3v) is 6.97. The van der Waals surface area contributed by atoms with Crippen molar-refractivity contribution in [2.75, 3.05) is 25.0 Å². The Morgan fingerprint density at radius 1 is 1.05 bits per heavy atom. The summed E-state index contributed by atoms with van der Waals surface area (Å²) in [6.45, 7) is 10.9. The summed E-state index contributed by atoms with van der Waals surface area (Å²) in [7, 11) is 0. The predicted molar refractivity (Wildman–Crippen MR) is 157 cm³/mol. The highest BCUT2D eigenvalue weighted by molar-refractivity contribution is 5.77. The summed E-state index contributed by atoms with van der Waals surface area (Å²) in [4.78, 5) is 24.6. The van der Waals surface area contributed by atoms with Gasteiger partial charge < -0.3 is 15.4 Å². The second-order valence-electron chi connectivity index (χ2n) is 10.8. The van der Waals surface area contributed by atoms with Crippen LogP contribution in [0.4, 0.5) is 11.5 Å². The number of aromatic nitrogens is 4. The van der Waals surface area contributed by atoms with E-state index < -0.39 is 0 Å². The Bertz CT molecular complexity index is 1430. The van der Waals surface area contributed by atoms with Gasteiger partial charge in [-0.2, -0.15) is 5.10 Å². The molecule has 1 aliphatic heterocycles. The molecule has 40 heavy (non-hydrogen) atoms. The van der Waals surface area contributed by atoms with E-state index in [1.54, 1.807) is 0 Å². The lowest BCUT2D eigenvalue weighted by molar-refractivity contribution is -0.123. The molecule has 0 spiro atoms. The highest BCUT2D eigenvalue weighted by Gasteiger charge is 2.24. The molecule has 0 radical (unpaired) electrons. The lowest BCUT2D eigenvalue weighted by Gasteiger charge is -2.32. The van der Waals surface area contributed by atoms with Crippen molar-refractivity contribution < 1.29 is 9.53 Å². The molecule has 9 nitrogen and oxygen atoms in total. The molecule has 2 aromatic heterocycles. The standard InChI is InChI=1S/C31H37N7O2/c1-20(2)15-32-29(39)19-40-26-7-5-6-23(14-26)30-36-28-12-13-38(21(3)4)18-27(28)31(37-30)35-25-10-8-22(9-11-25)24-16-33-34-17-24/h5-11,14,16-17,20-21H,12-13,15,18-19H2,1-4H3,(H,32,39)(H,33,34)(H,35,36,37). The van der Waals surface area contributed by atoms with E-state index in [1.807, 2.05) is 36.7 Å². The number of amides is 1. The van der Waals surface area contributed by atoms with Crippen LogP contribution in [0.5, 0.6) is 5.75 Å². The van der Waals surface area contributed by atoms with Crippen molar-refractivity contribution in [2.24, 2.45) is 5.92 Å². The van der Waals surface area contributed by atoms with Gasteiger partial charge in [0.25, 0.3) is 5.91 Å². The minimum Gasteiger partial charge on any atom is -0.484 e. The molecule has 208 valence electrons. The molecule has 3 heterocycles. The SMILES string of the molecule is CC(C)CNC(=O)COc1cccc(-c2nc3c(c(Nc4ccc(-c5cn[nH]c5)cc4)n2)CN(C(C)C)CC3)c1. The largest absolute Gasteiger partial charge is 0.484 e. The second-order valence-corrected chi connectivity index (χ2v) is 10.8. The Balaban J connectivity index is 1.41. The molecule has 0 saturated heterocycles. The number of nitrogens with zero attached hydrogens (tertiary/aromatic N) is 4. The van der Waals surface area contributed by atoms with Gasteiger partial charge >= 0.3 is 0 Å². The van der Waals surface area contributed by atoms with Crippen LogP contribution in [0.25, 0.3) is 22.5 Å². The van der Waals surface area contributed by atoms with Crippen molar-refractivity contribution >= 4 is 17.4 Å². The molecule has 0 fully saturated rings. The maximum atomic E-state index is 12.1. The van der Waals surface area contributed by atoms with Gasteiger partial charge in [-0.3, -0.25) is 14.8 Å². The van der Waals surface area contributed by atoms with Crippen molar-refractivity contribution in [3.8, 4) is 28.3 Å². The van der Waals surface area contributed by atoms with Crippen molar-refractivity contribution in [1.29, 1.82) is 0 Å². The van der Waals surface area contributed by atoms with E-state index in [1.165, 1.54) is 0 Å². The average Bonchev–Trinajstić information content (AvgIpc) is 3.50. The first-order chi connectivity index (χ1) is 19.4. The lowest BCUT2D eigenvalue weighted by atomic mass is 10.0. The van der Waals surface area contributed by atoms with Gasteiger partial charge in [0, 0.05) is 60.7 Å². The number of nitrogens with one attached hydrogen (secondary N) is 3. The van der Waals surface area contributed by atoms with Crippen molar-refractivity contribution in [3.05, 3.63) is 72.2 Å². The monoisotopic (exact) mass is 539 g/mol. The van der Waals surface area contributed by atoms with Gasteiger partial charge in [0.2, 0.25) is 0 Å². The van der Waals surface area contributed by atoms with Crippen LogP contribution in [0, 0.1) is 5.92 Å². The van der Waals surface area contributed by atoms with Crippen LogP contribution in [-0.2, 0) is 17.8 Å². The van der Waals surface area contributed by atoms with E-state index in [9.17, 15) is 4.79 Å². The summed E-state index contributed by atoms with van der Waals surface area (Å²) in [5.41, 5.74) is 6.10. The maximum absolute atomic E-state index is 12.1. The number of benzene rings is 2. The summed E-state index contributed by atoms with van der Waals surface area (Å²) >= 11 is 0. The Morgan fingerprint density at radius 3 is 2.60 bits per heavy atom. The minimum absolute atomic E-state index is 0.0339. The summed E-state index contributed by atoms with van der Waals surface area (Å²) in [5, 5.41) is 13.4. The Kier molecular flexibility index (Phi) is 8.40. The quantitative estimate of drug-likeness (QED) is 0.254. The summed E-state index contributed by atoms with van der Waals surface area (Å²) in [6.07, 6.45) is 4.54. The molecule has 4 aromatic rings. The number of hydrogen-bond acceptors (Lipinski definition) is 7. The minimum atomic E-state index is -0.135. The number of anilines is 2. The Hall–Kier alpha value is -4.24. The molecule has 0 atom stereocenters. The molecule has 0 aliphatic carbocycles. The number of ether oxygens (including phenoxy) is 1. The van der Waals surface area contributed by atoms with E-state index in [4.69, 9.17) is 14.7 Å². The normalized spacial score (nSPS) is 13.3. The molecular formula is C31H37N7O2. The molecule has 9 heteroatoms. The van der Waals surface area contributed by atoms with Gasteiger partial charge in [-0.1, -0.05) is 38.1 Å². The first kappa shape index (κ1) is 27.3.